The summed E-state index contributed by atoms with van der Waals surface area (Å²) in [5.74, 6) is -0.0343. The van der Waals surface area contributed by atoms with Crippen molar-refractivity contribution in [3.63, 3.8) is 0 Å². The second-order valence-corrected chi connectivity index (χ2v) is 9.78. The molecule has 2 aromatic carbocycles. The molecule has 0 aliphatic carbocycles. The van der Waals surface area contributed by atoms with E-state index in [1.165, 1.54) is 0 Å². The monoisotopic (exact) mass is 342 g/mol. The van der Waals surface area contributed by atoms with E-state index in [4.69, 9.17) is 0 Å². The van der Waals surface area contributed by atoms with Gasteiger partial charge in [0.05, 0.1) is 10.5 Å². The standard InChI is InChI=1S/C20H22O3S/c1-13-9-10-19(18-8-3-2-7-17(13)18)20(21)14-11-15-5-4-6-16(12-14)24(15,22)23/h2-3,7-10,14-16H,4-6,11-12H2,1H3. The number of benzene rings is 2. The van der Waals surface area contributed by atoms with Crippen molar-refractivity contribution in [3.05, 3.63) is 47.5 Å². The molecule has 0 N–H and O–H groups in total. The van der Waals surface area contributed by atoms with Crippen LogP contribution >= 0.6 is 0 Å². The molecule has 2 heterocycles. The normalized spacial score (nSPS) is 28.6. The van der Waals surface area contributed by atoms with Crippen molar-refractivity contribution in [1.29, 1.82) is 0 Å². The third-order valence-electron chi connectivity index (χ3n) is 5.85. The van der Waals surface area contributed by atoms with Crippen LogP contribution in [0.4, 0.5) is 0 Å². The molecule has 0 saturated carbocycles. The molecule has 2 unspecified atom stereocenters. The van der Waals surface area contributed by atoms with E-state index in [-0.39, 0.29) is 22.2 Å². The zero-order valence-electron chi connectivity index (χ0n) is 13.9. The summed E-state index contributed by atoms with van der Waals surface area (Å²) in [4.78, 5) is 13.2. The Kier molecular flexibility index (Phi) is 3.75. The highest BCUT2D eigenvalue weighted by atomic mass is 32.2. The van der Waals surface area contributed by atoms with E-state index in [9.17, 15) is 13.2 Å². The van der Waals surface area contributed by atoms with Crippen molar-refractivity contribution in [2.75, 3.05) is 0 Å². The number of aryl methyl sites for hydroxylation is 1. The minimum absolute atomic E-state index is 0.123. The van der Waals surface area contributed by atoms with Crippen LogP contribution < -0.4 is 0 Å². The smallest absolute Gasteiger partial charge is 0.166 e. The zero-order valence-corrected chi connectivity index (χ0v) is 14.7. The molecule has 0 spiro atoms. The van der Waals surface area contributed by atoms with Gasteiger partial charge in [-0.3, -0.25) is 4.79 Å². The number of fused-ring (bicyclic) bond motifs is 3. The fourth-order valence-electron chi connectivity index (χ4n) is 4.51. The summed E-state index contributed by atoms with van der Waals surface area (Å²) in [5.41, 5.74) is 1.91. The molecule has 2 aromatic rings. The van der Waals surface area contributed by atoms with Crippen molar-refractivity contribution < 1.29 is 13.2 Å². The summed E-state index contributed by atoms with van der Waals surface area (Å²) >= 11 is 0. The third kappa shape index (κ3) is 2.39. The first-order valence-electron chi connectivity index (χ1n) is 8.74. The Hall–Kier alpha value is -1.68. The van der Waals surface area contributed by atoms with E-state index < -0.39 is 9.84 Å². The van der Waals surface area contributed by atoms with Crippen LogP contribution in [0.3, 0.4) is 0 Å². The van der Waals surface area contributed by atoms with E-state index in [0.717, 1.165) is 41.2 Å². The van der Waals surface area contributed by atoms with E-state index in [1.807, 2.05) is 43.3 Å². The number of sulfone groups is 1. The highest BCUT2D eigenvalue weighted by Crippen LogP contribution is 2.41. The van der Waals surface area contributed by atoms with Gasteiger partial charge in [0.15, 0.2) is 15.6 Å². The maximum Gasteiger partial charge on any atom is 0.166 e. The molecule has 126 valence electrons. The summed E-state index contributed by atoms with van der Waals surface area (Å²) in [7, 11) is -3.02. The van der Waals surface area contributed by atoms with Crippen LogP contribution in [0.1, 0.15) is 48.0 Å². The van der Waals surface area contributed by atoms with E-state index in [0.29, 0.717) is 12.8 Å². The first kappa shape index (κ1) is 15.8. The Morgan fingerprint density at radius 3 is 2.25 bits per heavy atom. The van der Waals surface area contributed by atoms with Crippen LogP contribution in [0.25, 0.3) is 10.8 Å². The van der Waals surface area contributed by atoms with Gasteiger partial charge in [0.2, 0.25) is 0 Å². The van der Waals surface area contributed by atoms with Gasteiger partial charge < -0.3 is 0 Å². The lowest BCUT2D eigenvalue weighted by Crippen LogP contribution is -2.45. The lowest BCUT2D eigenvalue weighted by molar-refractivity contribution is 0.0895. The van der Waals surface area contributed by atoms with Crippen molar-refractivity contribution >= 4 is 26.4 Å². The summed E-state index contributed by atoms with van der Waals surface area (Å²) in [5, 5.41) is 1.47. The molecule has 0 amide bonds. The van der Waals surface area contributed by atoms with Gasteiger partial charge in [0, 0.05) is 11.5 Å². The predicted molar refractivity (Wildman–Crippen MR) is 96.1 cm³/mol. The van der Waals surface area contributed by atoms with Gasteiger partial charge in [-0.1, -0.05) is 42.8 Å². The molecule has 4 heteroatoms. The SMILES string of the molecule is Cc1ccc(C(=O)C2CC3CCCC(C2)S3(=O)=O)c2ccccc12. The van der Waals surface area contributed by atoms with Crippen molar-refractivity contribution in [3.8, 4) is 0 Å². The Bertz CT molecular complexity index is 894. The van der Waals surface area contributed by atoms with Crippen LogP contribution in [-0.4, -0.2) is 24.7 Å². The first-order chi connectivity index (χ1) is 11.5. The Labute approximate surface area is 143 Å². The quantitative estimate of drug-likeness (QED) is 0.773. The zero-order chi connectivity index (χ0) is 16.9. The van der Waals surface area contributed by atoms with Gasteiger partial charge in [-0.2, -0.15) is 0 Å². The molecule has 3 nitrogen and oxygen atoms in total. The predicted octanol–water partition coefficient (Wildman–Crippen LogP) is 4.08. The molecular weight excluding hydrogens is 320 g/mol. The second-order valence-electron chi connectivity index (χ2n) is 7.27. The molecule has 2 aliphatic heterocycles. The van der Waals surface area contributed by atoms with Gasteiger partial charge in [0.1, 0.15) is 0 Å². The third-order valence-corrected chi connectivity index (χ3v) is 8.57. The van der Waals surface area contributed by atoms with Gasteiger partial charge in [-0.25, -0.2) is 8.42 Å². The average Bonchev–Trinajstić information content (AvgIpc) is 2.54. The van der Waals surface area contributed by atoms with Crippen LogP contribution in [0.2, 0.25) is 0 Å². The number of hydrogen-bond acceptors (Lipinski definition) is 3. The van der Waals surface area contributed by atoms with Crippen LogP contribution in [0.15, 0.2) is 36.4 Å². The lowest BCUT2D eigenvalue weighted by Gasteiger charge is -2.38. The fraction of sp³-hybridized carbons (Fsp3) is 0.450. The number of ketones is 1. The number of carbonyl (C=O) groups is 1. The number of carbonyl (C=O) groups excluding carboxylic acids is 1. The van der Waals surface area contributed by atoms with Crippen molar-refractivity contribution in [2.45, 2.75) is 49.5 Å². The van der Waals surface area contributed by atoms with Crippen molar-refractivity contribution in [1.82, 2.24) is 0 Å². The number of rotatable bonds is 2. The number of hydrogen-bond donors (Lipinski definition) is 0. The molecule has 2 saturated heterocycles. The van der Waals surface area contributed by atoms with Gasteiger partial charge in [-0.05, 0) is 48.9 Å². The molecule has 0 radical (unpaired) electrons. The molecular formula is C20H22O3S. The summed E-state index contributed by atoms with van der Waals surface area (Å²) in [6.45, 7) is 2.05. The topological polar surface area (TPSA) is 51.2 Å². The Morgan fingerprint density at radius 2 is 1.58 bits per heavy atom. The fourth-order valence-corrected chi connectivity index (χ4v) is 7.04. The average molecular weight is 342 g/mol. The maximum atomic E-state index is 13.2. The minimum atomic E-state index is -3.02. The Balaban J connectivity index is 1.72. The van der Waals surface area contributed by atoms with E-state index in [2.05, 4.69) is 0 Å². The summed E-state index contributed by atoms with van der Waals surface area (Å²) < 4.78 is 24.9. The molecule has 2 bridgehead atoms. The highest BCUT2D eigenvalue weighted by molar-refractivity contribution is 7.92. The lowest BCUT2D eigenvalue weighted by atomic mass is 9.83. The van der Waals surface area contributed by atoms with Crippen LogP contribution in [0, 0.1) is 12.8 Å². The second kappa shape index (κ2) is 5.69. The molecule has 4 rings (SSSR count). The minimum Gasteiger partial charge on any atom is -0.294 e. The molecule has 24 heavy (non-hydrogen) atoms. The van der Waals surface area contributed by atoms with Gasteiger partial charge in [0.25, 0.3) is 0 Å². The van der Waals surface area contributed by atoms with E-state index >= 15 is 0 Å². The summed E-state index contributed by atoms with van der Waals surface area (Å²) in [6, 6.07) is 11.9. The Morgan fingerprint density at radius 1 is 0.958 bits per heavy atom. The van der Waals surface area contributed by atoms with Crippen molar-refractivity contribution in [2.24, 2.45) is 5.92 Å². The first-order valence-corrected chi connectivity index (χ1v) is 10.3. The number of Topliss-reactive ketones (excluding diaryl/α,β-unsaturated/α-hetero) is 1. The summed E-state index contributed by atoms with van der Waals surface area (Å²) in [6.07, 6.45) is 3.41. The van der Waals surface area contributed by atoms with Crippen LogP contribution in [0.5, 0.6) is 0 Å². The largest absolute Gasteiger partial charge is 0.294 e. The van der Waals surface area contributed by atoms with Gasteiger partial charge in [-0.15, -0.1) is 0 Å². The molecule has 2 fully saturated rings. The maximum absolute atomic E-state index is 13.2. The van der Waals surface area contributed by atoms with E-state index in [1.54, 1.807) is 0 Å². The van der Waals surface area contributed by atoms with Gasteiger partial charge >= 0.3 is 0 Å². The highest BCUT2D eigenvalue weighted by Gasteiger charge is 2.46. The molecule has 0 aromatic heterocycles. The molecule has 2 atom stereocenters. The molecule has 2 aliphatic rings. The van der Waals surface area contributed by atoms with Crippen LogP contribution in [-0.2, 0) is 9.84 Å².